The molecule has 3 nitrogen and oxygen atoms in total. The lowest BCUT2D eigenvalue weighted by atomic mass is 9.94. The number of hydrogen-bond donors (Lipinski definition) is 0. The number of fused-ring (bicyclic) bond motifs is 13. The Morgan fingerprint density at radius 1 is 0.284 bits per heavy atom. The monoisotopic (exact) mass is 852 g/mol. The van der Waals surface area contributed by atoms with E-state index in [1.54, 1.807) is 0 Å². The fourth-order valence-corrected chi connectivity index (χ4v) is 10.8. The molecule has 0 aliphatic carbocycles. The van der Waals surface area contributed by atoms with Gasteiger partial charge in [-0.05, 0) is 145 Å². The van der Waals surface area contributed by atoms with Crippen LogP contribution in [0.25, 0.3) is 115 Å². The highest BCUT2D eigenvalue weighted by Crippen LogP contribution is 2.43. The zero-order chi connectivity index (χ0) is 44.0. The molecule has 0 aliphatic rings. The molecule has 0 amide bonds. The Kier molecular flexibility index (Phi) is 8.28. The molecule has 3 heteroatoms. The number of rotatable bonds is 6. The fraction of sp³-hybridized carbons (Fsp3) is 0. The summed E-state index contributed by atoms with van der Waals surface area (Å²) in [6, 6.07) is 88.4. The number of nitrogens with zero attached hydrogens (tertiary/aromatic N) is 2. The van der Waals surface area contributed by atoms with Crippen molar-refractivity contribution in [3.05, 3.63) is 243 Å². The smallest absolute Gasteiger partial charge is 0.135 e. The first-order valence-corrected chi connectivity index (χ1v) is 23.0. The van der Waals surface area contributed by atoms with Gasteiger partial charge in [-0.15, -0.1) is 0 Å². The molecular formula is C64H40N2O. The molecule has 0 N–H and O–H groups in total. The van der Waals surface area contributed by atoms with Crippen LogP contribution in [0.15, 0.2) is 247 Å². The Morgan fingerprint density at radius 3 is 1.48 bits per heavy atom. The van der Waals surface area contributed by atoms with Crippen LogP contribution in [-0.4, -0.2) is 4.57 Å². The Hall–Kier alpha value is -8.92. The zero-order valence-electron chi connectivity index (χ0n) is 36.4. The van der Waals surface area contributed by atoms with Gasteiger partial charge >= 0.3 is 0 Å². The molecule has 0 radical (unpaired) electrons. The topological polar surface area (TPSA) is 21.3 Å². The highest BCUT2D eigenvalue weighted by atomic mass is 16.3. The molecule has 0 bridgehead atoms. The molecule has 0 saturated carbocycles. The van der Waals surface area contributed by atoms with Gasteiger partial charge in [0.05, 0.1) is 16.7 Å². The third-order valence-corrected chi connectivity index (χ3v) is 13.9. The minimum Gasteiger partial charge on any atom is -0.456 e. The summed E-state index contributed by atoms with van der Waals surface area (Å²) < 4.78 is 8.69. The molecule has 12 aromatic carbocycles. The van der Waals surface area contributed by atoms with Crippen LogP contribution in [0.1, 0.15) is 0 Å². The van der Waals surface area contributed by atoms with Gasteiger partial charge in [0.1, 0.15) is 11.2 Å². The summed E-state index contributed by atoms with van der Waals surface area (Å²) in [5.41, 5.74) is 13.3. The van der Waals surface area contributed by atoms with Crippen molar-refractivity contribution in [1.82, 2.24) is 4.57 Å². The average molecular weight is 853 g/mol. The van der Waals surface area contributed by atoms with E-state index in [2.05, 4.69) is 240 Å². The van der Waals surface area contributed by atoms with Gasteiger partial charge in [0.2, 0.25) is 0 Å². The molecule has 0 fully saturated rings. The maximum Gasteiger partial charge on any atom is 0.135 e. The Bertz CT molecular complexity index is 4230. The quantitative estimate of drug-likeness (QED) is 0.155. The number of aromatic nitrogens is 1. The van der Waals surface area contributed by atoms with Crippen molar-refractivity contribution in [1.29, 1.82) is 0 Å². The number of benzene rings is 12. The third-order valence-electron chi connectivity index (χ3n) is 13.9. The van der Waals surface area contributed by atoms with Gasteiger partial charge in [0.25, 0.3) is 0 Å². The SMILES string of the molecule is c1ccc(N(c2ccc(-c3ccc4c(c3)c3cc(-c5ccc6oc7ccccc7c6c5)ccc3n4-c3ccc4c5ccccc5c5ccccc5c4c3)cc2)c2cccc3ccccc23)cc1. The van der Waals surface area contributed by atoms with Crippen molar-refractivity contribution in [2.75, 3.05) is 4.90 Å². The summed E-state index contributed by atoms with van der Waals surface area (Å²) in [5.74, 6) is 0. The van der Waals surface area contributed by atoms with Crippen LogP contribution in [-0.2, 0) is 0 Å². The van der Waals surface area contributed by atoms with E-state index in [0.717, 1.165) is 55.8 Å². The summed E-state index contributed by atoms with van der Waals surface area (Å²) in [6.45, 7) is 0. The van der Waals surface area contributed by atoms with Crippen LogP contribution in [0.4, 0.5) is 17.1 Å². The number of anilines is 3. The van der Waals surface area contributed by atoms with Gasteiger partial charge in [-0.1, -0.05) is 158 Å². The van der Waals surface area contributed by atoms with Crippen LogP contribution in [0.3, 0.4) is 0 Å². The van der Waals surface area contributed by atoms with E-state index in [1.807, 2.05) is 12.1 Å². The number of furan rings is 1. The van der Waals surface area contributed by atoms with Crippen molar-refractivity contribution in [2.24, 2.45) is 0 Å². The minimum absolute atomic E-state index is 0.902. The Balaban J connectivity index is 0.951. The summed E-state index contributed by atoms with van der Waals surface area (Å²) in [4.78, 5) is 2.36. The lowest BCUT2D eigenvalue weighted by Crippen LogP contribution is -2.10. The molecule has 14 rings (SSSR count). The van der Waals surface area contributed by atoms with E-state index in [1.165, 1.54) is 76.0 Å². The molecular weight excluding hydrogens is 813 g/mol. The maximum atomic E-state index is 6.24. The second-order valence-electron chi connectivity index (χ2n) is 17.6. The van der Waals surface area contributed by atoms with E-state index < -0.39 is 0 Å². The minimum atomic E-state index is 0.902. The van der Waals surface area contributed by atoms with Crippen molar-refractivity contribution < 1.29 is 4.42 Å². The molecule has 0 saturated heterocycles. The molecule has 0 unspecified atom stereocenters. The van der Waals surface area contributed by atoms with Crippen molar-refractivity contribution >= 4 is 104 Å². The molecule has 312 valence electrons. The first kappa shape index (κ1) is 37.5. The standard InChI is InChI=1S/C64H40N2O/c1-2-15-46(16-3-1)65(60-23-12-14-42-13-4-5-17-49(42)60)47-30-25-41(26-31-47)43-27-34-61-57(37-43)58-38-44(45-29-36-64-59(39-45)55-22-10-11-24-63(55)67-64)28-35-62(58)66(61)48-32-33-54-52-20-7-6-18-50(52)51-19-8-9-21-53(51)56(54)40-48/h1-40H. The molecule has 0 spiro atoms. The fourth-order valence-electron chi connectivity index (χ4n) is 10.8. The first-order chi connectivity index (χ1) is 33.2. The molecule has 0 atom stereocenters. The maximum absolute atomic E-state index is 6.24. The summed E-state index contributed by atoms with van der Waals surface area (Å²) >= 11 is 0. The van der Waals surface area contributed by atoms with E-state index in [9.17, 15) is 0 Å². The Labute approximate surface area is 386 Å². The molecule has 67 heavy (non-hydrogen) atoms. The zero-order valence-corrected chi connectivity index (χ0v) is 36.4. The lowest BCUT2D eigenvalue weighted by molar-refractivity contribution is 0.669. The van der Waals surface area contributed by atoms with Gasteiger partial charge in [0.15, 0.2) is 0 Å². The summed E-state index contributed by atoms with van der Waals surface area (Å²) in [7, 11) is 0. The van der Waals surface area contributed by atoms with Crippen LogP contribution in [0.2, 0.25) is 0 Å². The largest absolute Gasteiger partial charge is 0.456 e. The highest BCUT2D eigenvalue weighted by molar-refractivity contribution is 6.26. The van der Waals surface area contributed by atoms with E-state index in [-0.39, 0.29) is 0 Å². The summed E-state index contributed by atoms with van der Waals surface area (Å²) in [6.07, 6.45) is 0. The predicted molar refractivity (Wildman–Crippen MR) is 284 cm³/mol. The first-order valence-electron chi connectivity index (χ1n) is 23.0. The van der Waals surface area contributed by atoms with Gasteiger partial charge in [-0.25, -0.2) is 0 Å². The molecule has 14 aromatic rings. The van der Waals surface area contributed by atoms with E-state index in [0.29, 0.717) is 0 Å². The molecule has 0 aliphatic heterocycles. The van der Waals surface area contributed by atoms with E-state index in [4.69, 9.17) is 4.42 Å². The van der Waals surface area contributed by atoms with Gasteiger partial charge in [0, 0.05) is 44.0 Å². The molecule has 2 aromatic heterocycles. The third kappa shape index (κ3) is 5.92. The van der Waals surface area contributed by atoms with Crippen molar-refractivity contribution in [2.45, 2.75) is 0 Å². The molecule has 2 heterocycles. The summed E-state index contributed by atoms with van der Waals surface area (Å²) in [5, 5.41) is 14.7. The number of hydrogen-bond acceptors (Lipinski definition) is 2. The van der Waals surface area contributed by atoms with Crippen molar-refractivity contribution in [3.8, 4) is 27.9 Å². The van der Waals surface area contributed by atoms with Crippen LogP contribution in [0.5, 0.6) is 0 Å². The van der Waals surface area contributed by atoms with Gasteiger partial charge in [-0.3, -0.25) is 0 Å². The van der Waals surface area contributed by atoms with Crippen LogP contribution in [0, 0.1) is 0 Å². The van der Waals surface area contributed by atoms with Gasteiger partial charge in [-0.2, -0.15) is 0 Å². The van der Waals surface area contributed by atoms with Crippen molar-refractivity contribution in [3.63, 3.8) is 0 Å². The second kappa shape index (κ2) is 14.8. The highest BCUT2D eigenvalue weighted by Gasteiger charge is 2.19. The van der Waals surface area contributed by atoms with Crippen LogP contribution < -0.4 is 4.90 Å². The average Bonchev–Trinajstić information content (AvgIpc) is 3.94. The second-order valence-corrected chi connectivity index (χ2v) is 17.6. The van der Waals surface area contributed by atoms with Gasteiger partial charge < -0.3 is 13.9 Å². The predicted octanol–water partition coefficient (Wildman–Crippen LogP) is 18.1. The Morgan fingerprint density at radius 2 is 0.776 bits per heavy atom. The number of para-hydroxylation sites is 2. The van der Waals surface area contributed by atoms with Crippen LogP contribution >= 0.6 is 0 Å². The normalized spacial score (nSPS) is 11.9. The lowest BCUT2D eigenvalue weighted by Gasteiger charge is -2.27. The van der Waals surface area contributed by atoms with E-state index >= 15 is 0 Å².